The van der Waals surface area contributed by atoms with Crippen molar-refractivity contribution < 1.29 is 23.4 Å². The maximum Gasteiger partial charge on any atom is 0.339 e. The summed E-state index contributed by atoms with van der Waals surface area (Å²) in [6.07, 6.45) is 0.417. The number of nitrogens with zero attached hydrogens (tertiary/aromatic N) is 3. The molecule has 0 spiro atoms. The first-order valence-corrected chi connectivity index (χ1v) is 11.7. The molecule has 0 amide bonds. The summed E-state index contributed by atoms with van der Waals surface area (Å²) in [5, 5.41) is 11.1. The van der Waals surface area contributed by atoms with Crippen LogP contribution >= 0.6 is 34.8 Å². The number of rotatable bonds is 4. The van der Waals surface area contributed by atoms with Gasteiger partial charge in [0.25, 0.3) is 0 Å². The third kappa shape index (κ3) is 4.74. The monoisotopic (exact) mass is 552 g/mol. The van der Waals surface area contributed by atoms with Crippen LogP contribution in [-0.4, -0.2) is 41.5 Å². The van der Waals surface area contributed by atoms with Crippen molar-refractivity contribution in [3.8, 4) is 17.2 Å². The Kier molecular flexibility index (Phi) is 6.32. The third-order valence-corrected chi connectivity index (χ3v) is 6.39. The van der Waals surface area contributed by atoms with Gasteiger partial charge in [0.2, 0.25) is 0 Å². The first-order valence-electron chi connectivity index (χ1n) is 10.6. The van der Waals surface area contributed by atoms with Crippen molar-refractivity contribution in [2.45, 2.75) is 11.2 Å². The Bertz CT molecular complexity index is 1390. The molecule has 0 aromatic heterocycles. The van der Waals surface area contributed by atoms with E-state index in [9.17, 15) is 13.9 Å². The highest BCUT2D eigenvalue weighted by molar-refractivity contribution is 6.42. The van der Waals surface area contributed by atoms with Crippen molar-refractivity contribution in [2.75, 3.05) is 23.4 Å². The summed E-state index contributed by atoms with van der Waals surface area (Å²) in [6.45, 7) is 0.739. The maximum atomic E-state index is 14.9. The number of hydrogen-bond donors (Lipinski definition) is 2. The molecule has 2 aliphatic rings. The quantitative estimate of drug-likeness (QED) is 0.278. The van der Waals surface area contributed by atoms with Crippen LogP contribution in [0.25, 0.3) is 0 Å². The molecule has 0 saturated carbocycles. The van der Waals surface area contributed by atoms with Gasteiger partial charge in [-0.3, -0.25) is 4.90 Å². The highest BCUT2D eigenvalue weighted by Crippen LogP contribution is 2.43. The number of amidine groups is 1. The normalized spacial score (nSPS) is 20.0. The van der Waals surface area contributed by atoms with Gasteiger partial charge in [-0.2, -0.15) is 8.78 Å². The molecule has 0 aliphatic carbocycles. The van der Waals surface area contributed by atoms with E-state index >= 15 is 0 Å². The second-order valence-corrected chi connectivity index (χ2v) is 9.15. The molecule has 3 aromatic rings. The van der Waals surface area contributed by atoms with E-state index in [-0.39, 0.29) is 21.5 Å². The number of phenols is 1. The summed E-state index contributed by atoms with van der Waals surface area (Å²) < 4.78 is 40.9. The molecule has 0 radical (unpaired) electrons. The predicted octanol–water partition coefficient (Wildman–Crippen LogP) is 6.69. The number of ether oxygens (including phenoxy) is 2. The topological polar surface area (TPSA) is 78.7 Å². The highest BCUT2D eigenvalue weighted by Gasteiger charge is 2.47. The molecule has 7 nitrogen and oxygen atoms in total. The smallest absolute Gasteiger partial charge is 0.339 e. The van der Waals surface area contributed by atoms with E-state index in [0.717, 1.165) is 0 Å². The van der Waals surface area contributed by atoms with Crippen LogP contribution in [0, 0.1) is 0 Å². The SMILES string of the molecule is Oc1cccc(N(c2ccc(Cl)c(Cl)c2)C2(Cl)N=CC(F)(F)C(Nc3ccc4c(c3)OCCO4)=N2)c1. The molecule has 12 heteroatoms. The van der Waals surface area contributed by atoms with Crippen LogP contribution in [0.15, 0.2) is 70.6 Å². The van der Waals surface area contributed by atoms with E-state index in [1.165, 1.54) is 35.2 Å². The average Bonchev–Trinajstić information content (AvgIpc) is 2.84. The lowest BCUT2D eigenvalue weighted by atomic mass is 10.2. The van der Waals surface area contributed by atoms with Crippen LogP contribution in [0.5, 0.6) is 17.2 Å². The summed E-state index contributed by atoms with van der Waals surface area (Å²) in [7, 11) is 0. The minimum Gasteiger partial charge on any atom is -0.508 e. The minimum atomic E-state index is -3.56. The summed E-state index contributed by atoms with van der Waals surface area (Å²) in [4.78, 5) is 9.37. The third-order valence-electron chi connectivity index (χ3n) is 5.30. The molecule has 0 saturated heterocycles. The maximum absolute atomic E-state index is 14.9. The Labute approximate surface area is 219 Å². The van der Waals surface area contributed by atoms with Crippen LogP contribution in [0.4, 0.5) is 25.8 Å². The number of anilines is 3. The van der Waals surface area contributed by atoms with E-state index in [1.807, 2.05) is 0 Å². The van der Waals surface area contributed by atoms with Crippen LogP contribution in [0.3, 0.4) is 0 Å². The Morgan fingerprint density at radius 3 is 2.42 bits per heavy atom. The van der Waals surface area contributed by atoms with Crippen molar-refractivity contribution in [2.24, 2.45) is 9.98 Å². The minimum absolute atomic E-state index is 0.0819. The fraction of sp³-hybridized carbons (Fsp3) is 0.167. The summed E-state index contributed by atoms with van der Waals surface area (Å²) in [5.74, 6) is -3.48. The molecule has 2 aliphatic heterocycles. The van der Waals surface area contributed by atoms with Crippen LogP contribution in [0.2, 0.25) is 10.0 Å². The molecule has 0 bridgehead atoms. The second-order valence-electron chi connectivity index (χ2n) is 7.83. The number of hydrogen-bond acceptors (Lipinski definition) is 7. The van der Waals surface area contributed by atoms with Crippen LogP contribution in [-0.2, 0) is 0 Å². The standard InChI is InChI=1S/C24H17Cl3F2N4O3/c25-18-6-5-16(12-19(18)26)33(15-2-1-3-17(34)11-15)24(27)30-13-23(28,29)22(32-24)31-14-4-7-20-21(10-14)36-9-8-35-20/h1-7,10-13,34H,8-9H2,(H,31,32). The molecule has 5 rings (SSSR count). The van der Waals surface area contributed by atoms with Gasteiger partial charge < -0.3 is 19.9 Å². The van der Waals surface area contributed by atoms with Crippen molar-refractivity contribution in [1.29, 1.82) is 0 Å². The van der Waals surface area contributed by atoms with Gasteiger partial charge >= 0.3 is 11.2 Å². The van der Waals surface area contributed by atoms with Crippen molar-refractivity contribution >= 4 is 63.9 Å². The van der Waals surface area contributed by atoms with Crippen LogP contribution in [0.1, 0.15) is 0 Å². The Morgan fingerprint density at radius 2 is 1.67 bits per heavy atom. The van der Waals surface area contributed by atoms with Gasteiger partial charge in [-0.15, -0.1) is 0 Å². The molecule has 1 unspecified atom stereocenters. The Hall–Kier alpha value is -3.27. The molecule has 2 N–H and O–H groups in total. The van der Waals surface area contributed by atoms with Gasteiger partial charge in [-0.05, 0) is 54.1 Å². The number of alkyl halides is 3. The zero-order chi connectivity index (χ0) is 25.5. The van der Waals surface area contributed by atoms with Gasteiger partial charge in [0.1, 0.15) is 19.0 Å². The molecule has 1 atom stereocenters. The molecule has 2 heterocycles. The molecule has 36 heavy (non-hydrogen) atoms. The number of fused-ring (bicyclic) bond motifs is 1. The lowest BCUT2D eigenvalue weighted by molar-refractivity contribution is 0.158. The zero-order valence-electron chi connectivity index (χ0n) is 18.3. The van der Waals surface area contributed by atoms with E-state index in [4.69, 9.17) is 44.3 Å². The summed E-state index contributed by atoms with van der Waals surface area (Å²) in [5.41, 5.74) is 0.938. The van der Waals surface area contributed by atoms with Gasteiger partial charge in [-0.25, -0.2) is 9.98 Å². The first-order chi connectivity index (χ1) is 17.1. The number of nitrogens with one attached hydrogen (secondary N) is 1. The average molecular weight is 554 g/mol. The Balaban J connectivity index is 1.59. The predicted molar refractivity (Wildman–Crippen MR) is 137 cm³/mol. The van der Waals surface area contributed by atoms with E-state index < -0.39 is 17.0 Å². The molecule has 186 valence electrons. The van der Waals surface area contributed by atoms with E-state index in [0.29, 0.717) is 42.3 Å². The fourth-order valence-corrected chi connectivity index (χ4v) is 4.30. The number of aromatic hydroxyl groups is 1. The number of benzene rings is 3. The second kappa shape index (κ2) is 9.31. The van der Waals surface area contributed by atoms with Crippen molar-refractivity contribution in [3.05, 3.63) is 70.7 Å². The molecular formula is C24H17Cl3F2N4O3. The molecule has 3 aromatic carbocycles. The van der Waals surface area contributed by atoms with Crippen molar-refractivity contribution in [1.82, 2.24) is 0 Å². The van der Waals surface area contributed by atoms with Gasteiger partial charge in [0, 0.05) is 23.5 Å². The molecule has 0 fully saturated rings. The van der Waals surface area contributed by atoms with Gasteiger partial charge in [-0.1, -0.05) is 29.3 Å². The Morgan fingerprint density at radius 1 is 0.917 bits per heavy atom. The van der Waals surface area contributed by atoms with E-state index in [2.05, 4.69) is 15.3 Å². The highest BCUT2D eigenvalue weighted by atomic mass is 35.5. The number of aliphatic imine (C=N–C) groups is 2. The largest absolute Gasteiger partial charge is 0.508 e. The zero-order valence-corrected chi connectivity index (χ0v) is 20.5. The summed E-state index contributed by atoms with van der Waals surface area (Å²) in [6, 6.07) is 15.3. The lowest BCUT2D eigenvalue weighted by Crippen LogP contribution is -2.48. The van der Waals surface area contributed by atoms with E-state index in [1.54, 1.807) is 30.3 Å². The van der Waals surface area contributed by atoms with Gasteiger partial charge in [0.05, 0.1) is 21.9 Å². The number of phenolic OH excluding ortho intramolecular Hbond substituents is 1. The lowest BCUT2D eigenvalue weighted by Gasteiger charge is -2.38. The summed E-state index contributed by atoms with van der Waals surface area (Å²) >= 11 is 19.1. The number of halogens is 5. The fourth-order valence-electron chi connectivity index (χ4n) is 3.68. The van der Waals surface area contributed by atoms with Crippen LogP contribution < -0.4 is 19.7 Å². The van der Waals surface area contributed by atoms with Gasteiger partial charge in [0.15, 0.2) is 17.3 Å². The van der Waals surface area contributed by atoms with Crippen molar-refractivity contribution in [3.63, 3.8) is 0 Å². The first kappa shape index (κ1) is 24.4. The molecular weight excluding hydrogens is 537 g/mol.